The molecule has 0 bridgehead atoms. The highest BCUT2D eigenvalue weighted by atomic mass is 16.5. The number of carbonyl (C=O) groups excluding carboxylic acids is 1. The molecule has 2 aromatic rings. The van der Waals surface area contributed by atoms with Gasteiger partial charge in [-0.2, -0.15) is 0 Å². The van der Waals surface area contributed by atoms with Crippen LogP contribution in [-0.4, -0.2) is 11.8 Å². The maximum absolute atomic E-state index is 11.8. The van der Waals surface area contributed by atoms with Crippen LogP contribution >= 0.6 is 0 Å². The van der Waals surface area contributed by atoms with Gasteiger partial charge in [0, 0.05) is 11.1 Å². The fourth-order valence-corrected chi connectivity index (χ4v) is 1.92. The minimum atomic E-state index is -0.658. The van der Waals surface area contributed by atoms with Crippen LogP contribution in [0.4, 0.5) is 0 Å². The van der Waals surface area contributed by atoms with Crippen molar-refractivity contribution in [3.8, 4) is 0 Å². The van der Waals surface area contributed by atoms with Crippen molar-refractivity contribution in [3.05, 3.63) is 71.8 Å². The number of amides is 1. The van der Waals surface area contributed by atoms with E-state index >= 15 is 0 Å². The van der Waals surface area contributed by atoms with Gasteiger partial charge in [0.1, 0.15) is 0 Å². The molecule has 0 saturated heterocycles. The molecule has 0 saturated carbocycles. The van der Waals surface area contributed by atoms with E-state index in [0.717, 1.165) is 11.1 Å². The van der Waals surface area contributed by atoms with Gasteiger partial charge in [0.05, 0.1) is 0 Å². The Morgan fingerprint density at radius 1 is 0.947 bits per heavy atom. The van der Waals surface area contributed by atoms with Gasteiger partial charge in [-0.3, -0.25) is 4.79 Å². The summed E-state index contributed by atoms with van der Waals surface area (Å²) < 4.78 is 5.71. The van der Waals surface area contributed by atoms with E-state index in [4.69, 9.17) is 4.74 Å². The maximum Gasteiger partial charge on any atom is 0.286 e. The topological polar surface area (TPSA) is 50.7 Å². The first-order valence-corrected chi connectivity index (χ1v) is 5.99. The summed E-state index contributed by atoms with van der Waals surface area (Å²) in [6.07, 6.45) is -0.658. The highest BCUT2D eigenvalue weighted by molar-refractivity contribution is 5.99. The zero-order valence-corrected chi connectivity index (χ0v) is 10.1. The molecule has 1 N–H and O–H groups in total. The number of nitrogens with one attached hydrogen (secondary N) is 1. The summed E-state index contributed by atoms with van der Waals surface area (Å²) in [5.74, 6) is 0.167. The highest BCUT2D eigenvalue weighted by Crippen LogP contribution is 2.22. The number of ether oxygens (including phenoxy) is 1. The molecule has 1 heterocycles. The van der Waals surface area contributed by atoms with E-state index in [1.165, 1.54) is 0 Å². The Morgan fingerprint density at radius 3 is 2.26 bits per heavy atom. The van der Waals surface area contributed by atoms with E-state index in [0.29, 0.717) is 5.90 Å². The van der Waals surface area contributed by atoms with Gasteiger partial charge in [-0.15, -0.1) is 5.10 Å². The lowest BCUT2D eigenvalue weighted by Gasteiger charge is -2.23. The zero-order valence-electron chi connectivity index (χ0n) is 10.1. The fraction of sp³-hybridized carbons (Fsp3) is 0.0667. The molecule has 1 atom stereocenters. The van der Waals surface area contributed by atoms with Crippen molar-refractivity contribution in [2.24, 2.45) is 5.10 Å². The number of hydrogen-bond acceptors (Lipinski definition) is 3. The summed E-state index contributed by atoms with van der Waals surface area (Å²) in [4.78, 5) is 11.8. The average molecular weight is 252 g/mol. The van der Waals surface area contributed by atoms with Gasteiger partial charge in [0.15, 0.2) is 0 Å². The Hall–Kier alpha value is -2.62. The smallest absolute Gasteiger partial charge is 0.286 e. The van der Waals surface area contributed by atoms with Crippen molar-refractivity contribution in [2.45, 2.75) is 6.10 Å². The normalized spacial score (nSPS) is 18.2. The largest absolute Gasteiger partial charge is 0.458 e. The maximum atomic E-state index is 11.8. The third-order valence-corrected chi connectivity index (χ3v) is 2.86. The Labute approximate surface area is 110 Å². The summed E-state index contributed by atoms with van der Waals surface area (Å²) >= 11 is 0. The molecule has 1 aliphatic heterocycles. The van der Waals surface area contributed by atoms with Crippen LogP contribution in [0.15, 0.2) is 65.8 Å². The van der Waals surface area contributed by atoms with E-state index < -0.39 is 6.10 Å². The van der Waals surface area contributed by atoms with E-state index in [1.807, 2.05) is 60.7 Å². The van der Waals surface area contributed by atoms with Crippen LogP contribution in [0.25, 0.3) is 0 Å². The quantitative estimate of drug-likeness (QED) is 0.891. The molecule has 94 valence electrons. The van der Waals surface area contributed by atoms with Crippen LogP contribution in [0.2, 0.25) is 0 Å². The van der Waals surface area contributed by atoms with Crippen molar-refractivity contribution in [1.82, 2.24) is 5.43 Å². The van der Waals surface area contributed by atoms with Crippen molar-refractivity contribution < 1.29 is 9.53 Å². The average Bonchev–Trinajstić information content (AvgIpc) is 2.49. The Balaban J connectivity index is 1.90. The van der Waals surface area contributed by atoms with Crippen LogP contribution in [-0.2, 0) is 9.53 Å². The molecule has 1 amide bonds. The number of carbonyl (C=O) groups is 1. The standard InChI is InChI=1S/C15H12N2O2/c18-14-13(11-7-3-1-4-8-11)19-15(17-16-14)12-9-5-2-6-10-12/h1-10,13H,(H,16,18). The summed E-state index contributed by atoms with van der Waals surface area (Å²) in [7, 11) is 0. The third kappa shape index (κ3) is 2.33. The van der Waals surface area contributed by atoms with Gasteiger partial charge >= 0.3 is 0 Å². The molecule has 1 unspecified atom stereocenters. The predicted octanol–water partition coefficient (Wildman–Crippen LogP) is 2.24. The highest BCUT2D eigenvalue weighted by Gasteiger charge is 2.28. The zero-order chi connectivity index (χ0) is 13.1. The van der Waals surface area contributed by atoms with Crippen molar-refractivity contribution in [1.29, 1.82) is 0 Å². The molecule has 4 nitrogen and oxygen atoms in total. The van der Waals surface area contributed by atoms with Crippen molar-refractivity contribution >= 4 is 11.8 Å². The van der Waals surface area contributed by atoms with E-state index in [1.54, 1.807) is 0 Å². The molecule has 0 fully saturated rings. The van der Waals surface area contributed by atoms with Gasteiger partial charge in [0.25, 0.3) is 5.91 Å². The van der Waals surface area contributed by atoms with Gasteiger partial charge in [-0.1, -0.05) is 48.5 Å². The SMILES string of the molecule is O=C1NN=C(c2ccccc2)OC1c1ccccc1. The summed E-state index contributed by atoms with van der Waals surface area (Å²) in [5, 5.41) is 3.95. The lowest BCUT2D eigenvalue weighted by atomic mass is 10.1. The first-order chi connectivity index (χ1) is 9.34. The second-order valence-corrected chi connectivity index (χ2v) is 4.17. The first-order valence-electron chi connectivity index (χ1n) is 5.99. The van der Waals surface area contributed by atoms with E-state index in [-0.39, 0.29) is 5.91 Å². The second-order valence-electron chi connectivity index (χ2n) is 4.17. The molecule has 0 spiro atoms. The van der Waals surface area contributed by atoms with Crippen LogP contribution in [0, 0.1) is 0 Å². The Bertz CT molecular complexity index is 609. The number of hydrazone groups is 1. The number of benzene rings is 2. The second kappa shape index (κ2) is 4.94. The molecule has 19 heavy (non-hydrogen) atoms. The monoisotopic (exact) mass is 252 g/mol. The molecule has 0 aromatic heterocycles. The molecule has 0 radical (unpaired) electrons. The van der Waals surface area contributed by atoms with Crippen LogP contribution in [0.5, 0.6) is 0 Å². The van der Waals surface area contributed by atoms with Crippen molar-refractivity contribution in [3.63, 3.8) is 0 Å². The summed E-state index contributed by atoms with van der Waals surface area (Å²) in [5.41, 5.74) is 4.15. The van der Waals surface area contributed by atoms with Crippen LogP contribution in [0.1, 0.15) is 17.2 Å². The number of rotatable bonds is 2. The first kappa shape index (κ1) is 11.5. The predicted molar refractivity (Wildman–Crippen MR) is 71.4 cm³/mol. The van der Waals surface area contributed by atoms with Crippen LogP contribution < -0.4 is 5.43 Å². The molecule has 2 aromatic carbocycles. The third-order valence-electron chi connectivity index (χ3n) is 2.86. The molecule has 0 aliphatic carbocycles. The summed E-state index contributed by atoms with van der Waals surface area (Å²) in [6, 6.07) is 18.9. The number of nitrogens with zero attached hydrogens (tertiary/aromatic N) is 1. The van der Waals surface area contributed by atoms with Crippen molar-refractivity contribution in [2.75, 3.05) is 0 Å². The molecular weight excluding hydrogens is 240 g/mol. The lowest BCUT2D eigenvalue weighted by Crippen LogP contribution is -2.35. The molecule has 3 rings (SSSR count). The molecule has 4 heteroatoms. The summed E-state index contributed by atoms with van der Waals surface area (Å²) in [6.45, 7) is 0. The van der Waals surface area contributed by atoms with Gasteiger partial charge in [-0.05, 0) is 12.1 Å². The minimum Gasteiger partial charge on any atom is -0.458 e. The molecular formula is C15H12N2O2. The van der Waals surface area contributed by atoms with Gasteiger partial charge in [-0.25, -0.2) is 5.43 Å². The Morgan fingerprint density at radius 2 is 1.58 bits per heavy atom. The Kier molecular flexibility index (Phi) is 2.98. The lowest BCUT2D eigenvalue weighted by molar-refractivity contribution is -0.130. The molecule has 1 aliphatic rings. The number of hydrogen-bond donors (Lipinski definition) is 1. The van der Waals surface area contributed by atoms with E-state index in [9.17, 15) is 4.79 Å². The van der Waals surface area contributed by atoms with Gasteiger partial charge < -0.3 is 4.74 Å². The van der Waals surface area contributed by atoms with Crippen LogP contribution in [0.3, 0.4) is 0 Å². The van der Waals surface area contributed by atoms with E-state index in [2.05, 4.69) is 10.5 Å². The van der Waals surface area contributed by atoms with Gasteiger partial charge in [0.2, 0.25) is 12.0 Å². The minimum absolute atomic E-state index is 0.258. The fourth-order valence-electron chi connectivity index (χ4n) is 1.92.